The molecule has 0 radical (unpaired) electrons. The highest BCUT2D eigenvalue weighted by Crippen LogP contribution is 2.26. The molecule has 2 N–H and O–H groups in total. The number of nitrogens with one attached hydrogen (secondary N) is 2. The molecular formula is C24H28N4O4S. The predicted molar refractivity (Wildman–Crippen MR) is 128 cm³/mol. The Kier molecular flexibility index (Phi) is 6.78. The second kappa shape index (κ2) is 9.74. The first-order valence-corrected chi connectivity index (χ1v) is 12.6. The van der Waals surface area contributed by atoms with Gasteiger partial charge >= 0.3 is 0 Å². The predicted octanol–water partition coefficient (Wildman–Crippen LogP) is 3.24. The summed E-state index contributed by atoms with van der Waals surface area (Å²) < 4.78 is 28.2. The second-order valence-electron chi connectivity index (χ2n) is 8.50. The Morgan fingerprint density at radius 3 is 2.67 bits per heavy atom. The fourth-order valence-electron chi connectivity index (χ4n) is 4.01. The highest BCUT2D eigenvalue weighted by Gasteiger charge is 2.35. The molecule has 0 aliphatic carbocycles. The highest BCUT2D eigenvalue weighted by atomic mass is 32.2. The van der Waals surface area contributed by atoms with Gasteiger partial charge in [0, 0.05) is 37.3 Å². The van der Waals surface area contributed by atoms with Crippen LogP contribution in [0.15, 0.2) is 58.4 Å². The van der Waals surface area contributed by atoms with Crippen LogP contribution in [0.1, 0.15) is 37.7 Å². The zero-order valence-electron chi connectivity index (χ0n) is 18.6. The molecule has 33 heavy (non-hydrogen) atoms. The first kappa shape index (κ1) is 23.0. The van der Waals surface area contributed by atoms with Crippen LogP contribution in [-0.2, 0) is 19.6 Å². The summed E-state index contributed by atoms with van der Waals surface area (Å²) in [5.41, 5.74) is 2.23. The van der Waals surface area contributed by atoms with E-state index in [2.05, 4.69) is 15.0 Å². The molecule has 0 bridgehead atoms. The number of carbonyl (C=O) groups excluding carboxylic acids is 2. The van der Waals surface area contributed by atoms with Gasteiger partial charge in [0.25, 0.3) is 10.0 Å². The topological polar surface area (TPSA) is 108 Å². The van der Waals surface area contributed by atoms with Crippen molar-refractivity contribution in [3.63, 3.8) is 0 Å². The van der Waals surface area contributed by atoms with Crippen LogP contribution in [0.2, 0.25) is 0 Å². The van der Waals surface area contributed by atoms with Crippen molar-refractivity contribution in [3.05, 3.63) is 54.1 Å². The van der Waals surface area contributed by atoms with Gasteiger partial charge in [-0.2, -0.15) is 0 Å². The molecule has 2 aliphatic rings. The third-order valence-corrected chi connectivity index (χ3v) is 7.26. The van der Waals surface area contributed by atoms with Crippen molar-refractivity contribution in [1.29, 1.82) is 0 Å². The normalized spacial score (nSPS) is 19.1. The van der Waals surface area contributed by atoms with Gasteiger partial charge in [0.15, 0.2) is 0 Å². The van der Waals surface area contributed by atoms with Crippen LogP contribution in [0.5, 0.6) is 0 Å². The maximum atomic E-state index is 12.8. The zero-order chi connectivity index (χ0) is 23.4. The molecule has 174 valence electrons. The van der Waals surface area contributed by atoms with Gasteiger partial charge in [-0.1, -0.05) is 30.2 Å². The number of amides is 2. The second-order valence-corrected chi connectivity index (χ2v) is 10.2. The number of nitrogens with zero attached hydrogens (tertiary/aromatic N) is 2. The molecule has 0 aromatic heterocycles. The van der Waals surface area contributed by atoms with E-state index in [-0.39, 0.29) is 29.7 Å². The molecule has 1 fully saturated rings. The van der Waals surface area contributed by atoms with Gasteiger partial charge < -0.3 is 10.2 Å². The Morgan fingerprint density at radius 2 is 1.88 bits per heavy atom. The summed E-state index contributed by atoms with van der Waals surface area (Å²) in [6.45, 7) is 2.88. The Balaban J connectivity index is 1.42. The van der Waals surface area contributed by atoms with Crippen LogP contribution >= 0.6 is 0 Å². The summed E-state index contributed by atoms with van der Waals surface area (Å²) in [5, 5.41) is 2.77. The standard InChI is InChI=1S/C24H28N4O4S/c1-17-9-11-20(12-10-17)28-16-18(14-23(28)29)24(30)26-19-6-5-7-21(15-19)33(31,32)27-22-8-3-2-4-13-25-22/h5-7,9-12,15,18H,2-4,8,13-14,16H2,1H3,(H,25,27)(H,26,30)/t18-/m1/s1. The molecule has 2 amide bonds. The number of anilines is 2. The fourth-order valence-corrected chi connectivity index (χ4v) is 5.15. The van der Waals surface area contributed by atoms with Crippen LogP contribution in [0.3, 0.4) is 0 Å². The summed E-state index contributed by atoms with van der Waals surface area (Å²) in [6.07, 6.45) is 3.60. The molecule has 1 atom stereocenters. The average Bonchev–Trinajstić information content (AvgIpc) is 3.00. The Labute approximate surface area is 194 Å². The molecule has 8 nitrogen and oxygen atoms in total. The smallest absolute Gasteiger partial charge is 0.262 e. The average molecular weight is 469 g/mol. The molecule has 2 heterocycles. The lowest BCUT2D eigenvalue weighted by Gasteiger charge is -2.17. The number of aryl methyl sites for hydroxylation is 1. The lowest BCUT2D eigenvalue weighted by atomic mass is 10.1. The molecule has 2 aliphatic heterocycles. The van der Waals surface area contributed by atoms with Gasteiger partial charge in [-0.3, -0.25) is 19.3 Å². The van der Waals surface area contributed by atoms with Gasteiger partial charge in [0.2, 0.25) is 11.8 Å². The minimum atomic E-state index is -3.80. The summed E-state index contributed by atoms with van der Waals surface area (Å²) >= 11 is 0. The van der Waals surface area contributed by atoms with Crippen molar-refractivity contribution >= 4 is 39.0 Å². The molecule has 0 saturated carbocycles. The van der Waals surface area contributed by atoms with Crippen molar-refractivity contribution in [1.82, 2.24) is 4.72 Å². The van der Waals surface area contributed by atoms with Gasteiger partial charge in [0.1, 0.15) is 5.84 Å². The first-order valence-electron chi connectivity index (χ1n) is 11.2. The number of hydrogen-bond acceptors (Lipinski definition) is 5. The maximum absolute atomic E-state index is 12.8. The van der Waals surface area contributed by atoms with E-state index in [1.54, 1.807) is 17.0 Å². The van der Waals surface area contributed by atoms with E-state index in [4.69, 9.17) is 0 Å². The molecule has 1 saturated heterocycles. The van der Waals surface area contributed by atoms with Crippen LogP contribution in [0, 0.1) is 12.8 Å². The van der Waals surface area contributed by atoms with Crippen molar-refractivity contribution in [2.45, 2.75) is 43.9 Å². The van der Waals surface area contributed by atoms with Crippen LogP contribution in [-0.4, -0.2) is 39.2 Å². The Bertz CT molecular complexity index is 1180. The molecular weight excluding hydrogens is 440 g/mol. The Morgan fingerprint density at radius 1 is 1.09 bits per heavy atom. The summed E-state index contributed by atoms with van der Waals surface area (Å²) in [7, 11) is -3.80. The lowest BCUT2D eigenvalue weighted by Crippen LogP contribution is -2.31. The van der Waals surface area contributed by atoms with Crippen molar-refractivity contribution in [2.75, 3.05) is 23.3 Å². The van der Waals surface area contributed by atoms with Crippen LogP contribution < -0.4 is 14.9 Å². The van der Waals surface area contributed by atoms with E-state index in [1.807, 2.05) is 31.2 Å². The molecule has 2 aromatic carbocycles. The molecule has 4 rings (SSSR count). The fraction of sp³-hybridized carbons (Fsp3) is 0.375. The summed E-state index contributed by atoms with van der Waals surface area (Å²) in [6, 6.07) is 13.7. The van der Waals surface area contributed by atoms with Crippen LogP contribution in [0.25, 0.3) is 0 Å². The van der Waals surface area contributed by atoms with E-state index in [0.717, 1.165) is 30.5 Å². The number of sulfonamides is 1. The summed E-state index contributed by atoms with van der Waals surface area (Å²) in [5.74, 6) is -0.461. The van der Waals surface area contributed by atoms with E-state index >= 15 is 0 Å². The van der Waals surface area contributed by atoms with Crippen molar-refractivity contribution in [2.24, 2.45) is 10.9 Å². The zero-order valence-corrected chi connectivity index (χ0v) is 19.4. The number of rotatable bonds is 5. The van der Waals surface area contributed by atoms with E-state index < -0.39 is 15.9 Å². The van der Waals surface area contributed by atoms with Crippen molar-refractivity contribution in [3.8, 4) is 0 Å². The number of aliphatic imine (C=N–C) groups is 1. The summed E-state index contributed by atoms with van der Waals surface area (Å²) in [4.78, 5) is 31.3. The number of benzene rings is 2. The monoisotopic (exact) mass is 468 g/mol. The molecule has 9 heteroatoms. The SMILES string of the molecule is Cc1ccc(N2C[C@H](C(=O)Nc3cccc(S(=O)(=O)NC4=NCCCCC4)c3)CC2=O)cc1. The first-order chi connectivity index (χ1) is 15.8. The third kappa shape index (κ3) is 5.60. The van der Waals surface area contributed by atoms with Gasteiger partial charge in [-0.15, -0.1) is 0 Å². The number of amidine groups is 1. The Hall–Kier alpha value is -3.20. The van der Waals surface area contributed by atoms with Gasteiger partial charge in [-0.25, -0.2) is 8.42 Å². The van der Waals surface area contributed by atoms with Gasteiger partial charge in [0.05, 0.1) is 10.8 Å². The van der Waals surface area contributed by atoms with Crippen LogP contribution in [0.4, 0.5) is 11.4 Å². The van der Waals surface area contributed by atoms with E-state index in [9.17, 15) is 18.0 Å². The molecule has 2 aromatic rings. The maximum Gasteiger partial charge on any atom is 0.262 e. The molecule has 0 unspecified atom stereocenters. The van der Waals surface area contributed by atoms with Gasteiger partial charge in [-0.05, 0) is 50.1 Å². The minimum Gasteiger partial charge on any atom is -0.326 e. The van der Waals surface area contributed by atoms with E-state index in [0.29, 0.717) is 24.5 Å². The van der Waals surface area contributed by atoms with Crippen molar-refractivity contribution < 1.29 is 18.0 Å². The third-order valence-electron chi connectivity index (χ3n) is 5.88. The van der Waals surface area contributed by atoms with E-state index in [1.165, 1.54) is 12.1 Å². The largest absolute Gasteiger partial charge is 0.326 e. The number of hydrogen-bond donors (Lipinski definition) is 2. The lowest BCUT2D eigenvalue weighted by molar-refractivity contribution is -0.122. The number of carbonyl (C=O) groups is 2. The quantitative estimate of drug-likeness (QED) is 0.702. The minimum absolute atomic E-state index is 0.0519. The highest BCUT2D eigenvalue weighted by molar-refractivity contribution is 7.90. The molecule has 0 spiro atoms.